The Balaban J connectivity index is 1.87. The van der Waals surface area contributed by atoms with Crippen LogP contribution in [0.2, 0.25) is 0 Å². The first-order chi connectivity index (χ1) is 16.5. The molecule has 3 rings (SSSR count). The van der Waals surface area contributed by atoms with Gasteiger partial charge in [0.25, 0.3) is 11.6 Å². The van der Waals surface area contributed by atoms with Gasteiger partial charge in [-0.3, -0.25) is 19.7 Å². The van der Waals surface area contributed by atoms with E-state index in [1.807, 2.05) is 65.0 Å². The minimum absolute atomic E-state index is 0.167. The van der Waals surface area contributed by atoms with E-state index in [0.29, 0.717) is 18.8 Å². The number of nitrogens with one attached hydrogen (secondary N) is 1. The molecule has 3 aromatic rings. The number of aromatic nitrogens is 2. The summed E-state index contributed by atoms with van der Waals surface area (Å²) in [5.74, 6) is -0.311. The molecule has 0 saturated heterocycles. The number of nitro benzene ring substituents is 1. The predicted octanol–water partition coefficient (Wildman–Crippen LogP) is 4.88. The third-order valence-electron chi connectivity index (χ3n) is 5.51. The van der Waals surface area contributed by atoms with Crippen molar-refractivity contribution in [3.63, 3.8) is 0 Å². The third kappa shape index (κ3) is 6.11. The van der Waals surface area contributed by atoms with Crippen LogP contribution in [0.1, 0.15) is 55.7 Å². The number of anilines is 1. The topological polar surface area (TPSA) is 110 Å². The van der Waals surface area contributed by atoms with Gasteiger partial charge < -0.3 is 10.2 Å². The highest BCUT2D eigenvalue weighted by Gasteiger charge is 2.24. The summed E-state index contributed by atoms with van der Waals surface area (Å²) in [6.07, 6.45) is 0.628. The Labute approximate surface area is 204 Å². The fraction of sp³-hybridized carbons (Fsp3) is 0.346. The minimum Gasteiger partial charge on any atom is -0.329 e. The zero-order chi connectivity index (χ0) is 25.8. The molecule has 9 heteroatoms. The second-order valence-corrected chi connectivity index (χ2v) is 9.45. The van der Waals surface area contributed by atoms with Crippen molar-refractivity contribution in [1.29, 1.82) is 0 Å². The molecule has 0 fully saturated rings. The fourth-order valence-electron chi connectivity index (χ4n) is 3.63. The van der Waals surface area contributed by atoms with Crippen LogP contribution >= 0.6 is 0 Å². The van der Waals surface area contributed by atoms with Crippen molar-refractivity contribution in [2.45, 2.75) is 46.5 Å². The van der Waals surface area contributed by atoms with E-state index in [1.165, 1.54) is 29.2 Å². The van der Waals surface area contributed by atoms with E-state index in [-0.39, 0.29) is 29.1 Å². The summed E-state index contributed by atoms with van der Waals surface area (Å²) in [7, 11) is 0. The van der Waals surface area contributed by atoms with E-state index in [9.17, 15) is 19.7 Å². The van der Waals surface area contributed by atoms with Gasteiger partial charge in [0.05, 0.1) is 16.3 Å². The van der Waals surface area contributed by atoms with Gasteiger partial charge in [-0.15, -0.1) is 0 Å². The Kier molecular flexibility index (Phi) is 7.68. The van der Waals surface area contributed by atoms with Gasteiger partial charge in [-0.25, -0.2) is 4.68 Å². The molecule has 184 valence electrons. The second kappa shape index (κ2) is 10.5. The highest BCUT2D eigenvalue weighted by atomic mass is 16.6. The van der Waals surface area contributed by atoms with Crippen LogP contribution < -0.4 is 5.32 Å². The van der Waals surface area contributed by atoms with Gasteiger partial charge in [-0.2, -0.15) is 5.10 Å². The molecule has 35 heavy (non-hydrogen) atoms. The van der Waals surface area contributed by atoms with E-state index in [2.05, 4.69) is 5.32 Å². The van der Waals surface area contributed by atoms with Gasteiger partial charge in [0.1, 0.15) is 12.4 Å². The van der Waals surface area contributed by atoms with Crippen LogP contribution in [0.25, 0.3) is 5.69 Å². The maximum atomic E-state index is 13.1. The van der Waals surface area contributed by atoms with Gasteiger partial charge in [0.15, 0.2) is 0 Å². The van der Waals surface area contributed by atoms with Crippen LogP contribution in [0.4, 0.5) is 11.5 Å². The van der Waals surface area contributed by atoms with Crippen LogP contribution in [0, 0.1) is 17.0 Å². The van der Waals surface area contributed by atoms with Gasteiger partial charge >= 0.3 is 0 Å². The monoisotopic (exact) mass is 477 g/mol. The van der Waals surface area contributed by atoms with E-state index in [4.69, 9.17) is 5.10 Å². The number of benzene rings is 2. The standard InChI is InChI=1S/C26H31N5O4/c1-6-14-29(25(33)19-11-9-12-20(15-19)31(34)35)17-24(32)27-23-16-22(26(3,4)5)28-30(23)21-13-8-7-10-18(21)2/h7-13,15-16H,6,14,17H2,1-5H3,(H,27,32). The first-order valence-electron chi connectivity index (χ1n) is 11.5. The average Bonchev–Trinajstić information content (AvgIpc) is 3.22. The lowest BCUT2D eigenvalue weighted by Crippen LogP contribution is -2.38. The van der Waals surface area contributed by atoms with Crippen LogP contribution in [-0.4, -0.2) is 44.5 Å². The number of para-hydroxylation sites is 1. The summed E-state index contributed by atoms with van der Waals surface area (Å²) in [5, 5.41) is 18.8. The number of hydrogen-bond acceptors (Lipinski definition) is 5. The average molecular weight is 478 g/mol. The van der Waals surface area contributed by atoms with E-state index >= 15 is 0 Å². The highest BCUT2D eigenvalue weighted by molar-refractivity contribution is 5.99. The molecule has 0 bridgehead atoms. The van der Waals surface area contributed by atoms with Crippen molar-refractivity contribution in [3.05, 3.63) is 81.5 Å². The van der Waals surface area contributed by atoms with Crippen LogP contribution in [0.15, 0.2) is 54.6 Å². The zero-order valence-corrected chi connectivity index (χ0v) is 20.7. The molecular weight excluding hydrogens is 446 g/mol. The summed E-state index contributed by atoms with van der Waals surface area (Å²) < 4.78 is 1.71. The molecule has 0 atom stereocenters. The lowest BCUT2D eigenvalue weighted by molar-refractivity contribution is -0.384. The number of carbonyl (C=O) groups is 2. The van der Waals surface area contributed by atoms with Gasteiger partial charge in [-0.1, -0.05) is 52.0 Å². The molecule has 1 N–H and O–H groups in total. The third-order valence-corrected chi connectivity index (χ3v) is 5.51. The number of non-ortho nitro benzene ring substituents is 1. The first kappa shape index (κ1) is 25.6. The molecule has 0 saturated carbocycles. The van der Waals surface area contributed by atoms with Crippen LogP contribution in [0.3, 0.4) is 0 Å². The minimum atomic E-state index is -0.548. The van der Waals surface area contributed by atoms with Crippen molar-refractivity contribution in [3.8, 4) is 5.69 Å². The van der Waals surface area contributed by atoms with Crippen molar-refractivity contribution in [2.24, 2.45) is 0 Å². The number of hydrogen-bond donors (Lipinski definition) is 1. The number of carbonyl (C=O) groups excluding carboxylic acids is 2. The Hall–Kier alpha value is -4.01. The quantitative estimate of drug-likeness (QED) is 0.367. The van der Waals surface area contributed by atoms with Gasteiger partial charge in [0.2, 0.25) is 5.91 Å². The Morgan fingerprint density at radius 3 is 2.46 bits per heavy atom. The van der Waals surface area contributed by atoms with E-state index < -0.39 is 10.8 Å². The Morgan fingerprint density at radius 1 is 1.11 bits per heavy atom. The molecule has 0 radical (unpaired) electrons. The maximum Gasteiger partial charge on any atom is 0.270 e. The molecule has 0 aliphatic rings. The number of rotatable bonds is 8. The van der Waals surface area contributed by atoms with E-state index in [0.717, 1.165) is 16.9 Å². The zero-order valence-electron chi connectivity index (χ0n) is 20.7. The van der Waals surface area contributed by atoms with E-state index in [1.54, 1.807) is 4.68 Å². The number of amides is 2. The molecule has 0 aliphatic carbocycles. The molecule has 9 nitrogen and oxygen atoms in total. The number of aryl methyl sites for hydroxylation is 1. The Bertz CT molecular complexity index is 1240. The summed E-state index contributed by atoms with van der Waals surface area (Å²) in [6.45, 7) is 10.1. The summed E-state index contributed by atoms with van der Waals surface area (Å²) >= 11 is 0. The molecule has 0 spiro atoms. The summed E-state index contributed by atoms with van der Waals surface area (Å²) in [6, 6.07) is 15.1. The van der Waals surface area contributed by atoms with Crippen molar-refractivity contribution in [1.82, 2.24) is 14.7 Å². The molecule has 0 unspecified atom stereocenters. The summed E-state index contributed by atoms with van der Waals surface area (Å²) in [5.41, 5.74) is 2.42. The lowest BCUT2D eigenvalue weighted by atomic mass is 9.92. The first-order valence-corrected chi connectivity index (χ1v) is 11.5. The molecular formula is C26H31N5O4. The maximum absolute atomic E-state index is 13.1. The second-order valence-electron chi connectivity index (χ2n) is 9.45. The Morgan fingerprint density at radius 2 is 1.83 bits per heavy atom. The van der Waals surface area contributed by atoms with Crippen molar-refractivity contribution >= 4 is 23.3 Å². The van der Waals surface area contributed by atoms with Gasteiger partial charge in [0, 0.05) is 35.7 Å². The predicted molar refractivity (Wildman–Crippen MR) is 135 cm³/mol. The van der Waals surface area contributed by atoms with Crippen molar-refractivity contribution in [2.75, 3.05) is 18.4 Å². The van der Waals surface area contributed by atoms with Crippen LogP contribution in [-0.2, 0) is 10.2 Å². The number of nitrogens with zero attached hydrogens (tertiary/aromatic N) is 4. The van der Waals surface area contributed by atoms with Crippen molar-refractivity contribution < 1.29 is 14.5 Å². The molecule has 2 amide bonds. The summed E-state index contributed by atoms with van der Waals surface area (Å²) in [4.78, 5) is 38.1. The molecule has 1 aromatic heterocycles. The lowest BCUT2D eigenvalue weighted by Gasteiger charge is -2.22. The highest BCUT2D eigenvalue weighted by Crippen LogP contribution is 2.27. The van der Waals surface area contributed by atoms with Crippen LogP contribution in [0.5, 0.6) is 0 Å². The number of nitro groups is 1. The SMILES string of the molecule is CCCN(CC(=O)Nc1cc(C(C)(C)C)nn1-c1ccccc1C)C(=O)c1cccc([N+](=O)[O-])c1. The normalized spacial score (nSPS) is 11.2. The fourth-order valence-corrected chi connectivity index (χ4v) is 3.63. The molecule has 0 aliphatic heterocycles. The molecule has 1 heterocycles. The largest absolute Gasteiger partial charge is 0.329 e. The smallest absolute Gasteiger partial charge is 0.270 e. The van der Waals surface area contributed by atoms with Gasteiger partial charge in [-0.05, 0) is 31.0 Å². The molecule has 2 aromatic carbocycles.